The largest absolute Gasteiger partial charge is 0.378 e. The van der Waals surface area contributed by atoms with Gasteiger partial charge in [0.1, 0.15) is 22.7 Å². The summed E-state index contributed by atoms with van der Waals surface area (Å²) in [5, 5.41) is 23.4. The van der Waals surface area contributed by atoms with Crippen LogP contribution in [0.25, 0.3) is 0 Å². The van der Waals surface area contributed by atoms with Crippen molar-refractivity contribution in [1.82, 2.24) is 9.55 Å². The lowest BCUT2D eigenvalue weighted by molar-refractivity contribution is 0.0954. The molecule has 2 unspecified atom stereocenters. The number of fused-ring (bicyclic) bond motifs is 1. The van der Waals surface area contributed by atoms with Crippen molar-refractivity contribution in [3.8, 4) is 11.8 Å². The van der Waals surface area contributed by atoms with Crippen LogP contribution in [0.4, 0.5) is 10.1 Å². The highest BCUT2D eigenvalue weighted by molar-refractivity contribution is 6.31. The molecular formula is C24H27ClFN3O3. The number of hydrogen-bond donors (Lipinski definition) is 3. The predicted molar refractivity (Wildman–Crippen MR) is 120 cm³/mol. The number of benzene rings is 1. The normalized spacial score (nSPS) is 27.0. The molecule has 0 spiro atoms. The molecule has 1 amide bonds. The fraction of sp³-hybridized carbons (Fsp3) is 0.500. The van der Waals surface area contributed by atoms with Gasteiger partial charge in [0.15, 0.2) is 0 Å². The summed E-state index contributed by atoms with van der Waals surface area (Å²) in [5.41, 5.74) is -0.605. The maximum absolute atomic E-state index is 13.4. The SMILES string of the molecule is Cn1cnc(C2CC3CC(O)(C#CC(C)(C)O)CC3C2)c1C(=O)Nc1ccc(F)c(Cl)c1. The molecule has 0 saturated heterocycles. The molecule has 1 aromatic heterocycles. The lowest BCUT2D eigenvalue weighted by atomic mass is 9.92. The first-order chi connectivity index (χ1) is 14.9. The number of halogens is 2. The Hall–Kier alpha value is -2.40. The fourth-order valence-electron chi connectivity index (χ4n) is 5.05. The highest BCUT2D eigenvalue weighted by Gasteiger charge is 2.49. The average Bonchev–Trinajstić information content (AvgIpc) is 3.33. The average molecular weight is 460 g/mol. The van der Waals surface area contributed by atoms with E-state index in [9.17, 15) is 19.4 Å². The molecule has 2 saturated carbocycles. The Balaban J connectivity index is 1.48. The number of aliphatic hydroxyl groups is 2. The Morgan fingerprint density at radius 1 is 1.34 bits per heavy atom. The van der Waals surface area contributed by atoms with Crippen LogP contribution in [-0.2, 0) is 7.05 Å². The van der Waals surface area contributed by atoms with Gasteiger partial charge >= 0.3 is 0 Å². The van der Waals surface area contributed by atoms with E-state index in [1.165, 1.54) is 18.2 Å². The van der Waals surface area contributed by atoms with Gasteiger partial charge in [0.2, 0.25) is 0 Å². The summed E-state index contributed by atoms with van der Waals surface area (Å²) in [6.45, 7) is 3.20. The third-order valence-corrected chi connectivity index (χ3v) is 6.68. The molecule has 4 rings (SSSR count). The quantitative estimate of drug-likeness (QED) is 0.608. The van der Waals surface area contributed by atoms with Crippen molar-refractivity contribution in [3.05, 3.63) is 46.8 Å². The van der Waals surface area contributed by atoms with E-state index in [0.717, 1.165) is 18.5 Å². The third-order valence-electron chi connectivity index (χ3n) is 6.39. The van der Waals surface area contributed by atoms with Gasteiger partial charge in [-0.1, -0.05) is 23.4 Å². The van der Waals surface area contributed by atoms with Crippen LogP contribution >= 0.6 is 11.6 Å². The molecule has 0 radical (unpaired) electrons. The summed E-state index contributed by atoms with van der Waals surface area (Å²) in [6.07, 6.45) is 4.37. The Morgan fingerprint density at radius 2 is 2.00 bits per heavy atom. The van der Waals surface area contributed by atoms with Gasteiger partial charge < -0.3 is 20.1 Å². The number of hydrogen-bond acceptors (Lipinski definition) is 4. The van der Waals surface area contributed by atoms with Crippen LogP contribution in [0, 0.1) is 29.5 Å². The van der Waals surface area contributed by atoms with E-state index in [4.69, 9.17) is 11.6 Å². The molecule has 1 aromatic carbocycles. The van der Waals surface area contributed by atoms with E-state index in [2.05, 4.69) is 22.1 Å². The molecule has 6 nitrogen and oxygen atoms in total. The maximum Gasteiger partial charge on any atom is 0.274 e. The molecule has 1 heterocycles. The highest BCUT2D eigenvalue weighted by atomic mass is 35.5. The zero-order valence-corrected chi connectivity index (χ0v) is 19.1. The second-order valence-corrected chi connectivity index (χ2v) is 10.0. The number of amides is 1. The highest BCUT2D eigenvalue weighted by Crippen LogP contribution is 2.53. The maximum atomic E-state index is 13.4. The zero-order valence-electron chi connectivity index (χ0n) is 18.3. The Morgan fingerprint density at radius 3 is 2.59 bits per heavy atom. The first-order valence-corrected chi connectivity index (χ1v) is 11.1. The van der Waals surface area contributed by atoms with Crippen molar-refractivity contribution in [3.63, 3.8) is 0 Å². The number of carbonyl (C=O) groups excluding carboxylic acids is 1. The summed E-state index contributed by atoms with van der Waals surface area (Å²) in [4.78, 5) is 17.5. The molecular weight excluding hydrogens is 433 g/mol. The van der Waals surface area contributed by atoms with Crippen LogP contribution in [0.5, 0.6) is 0 Å². The van der Waals surface area contributed by atoms with Crippen LogP contribution in [0.1, 0.15) is 61.6 Å². The van der Waals surface area contributed by atoms with Crippen molar-refractivity contribution in [1.29, 1.82) is 0 Å². The molecule has 170 valence electrons. The number of nitrogens with one attached hydrogen (secondary N) is 1. The van der Waals surface area contributed by atoms with E-state index in [-0.39, 0.29) is 28.7 Å². The second-order valence-electron chi connectivity index (χ2n) is 9.61. The smallest absolute Gasteiger partial charge is 0.274 e. The van der Waals surface area contributed by atoms with Crippen molar-refractivity contribution in [2.24, 2.45) is 18.9 Å². The molecule has 2 aliphatic carbocycles. The van der Waals surface area contributed by atoms with Gasteiger partial charge in [0, 0.05) is 18.7 Å². The van der Waals surface area contributed by atoms with Gasteiger partial charge in [-0.25, -0.2) is 9.37 Å². The second kappa shape index (κ2) is 8.18. The topological polar surface area (TPSA) is 87.4 Å². The van der Waals surface area contributed by atoms with Crippen molar-refractivity contribution in [2.45, 2.75) is 56.7 Å². The summed E-state index contributed by atoms with van der Waals surface area (Å²) in [7, 11) is 1.77. The van der Waals surface area contributed by atoms with Crippen LogP contribution < -0.4 is 5.32 Å². The van der Waals surface area contributed by atoms with Gasteiger partial charge in [-0.2, -0.15) is 0 Å². The molecule has 0 aliphatic heterocycles. The van der Waals surface area contributed by atoms with E-state index >= 15 is 0 Å². The molecule has 0 bridgehead atoms. The van der Waals surface area contributed by atoms with Crippen molar-refractivity contribution >= 4 is 23.2 Å². The number of aryl methyl sites for hydroxylation is 1. The fourth-order valence-corrected chi connectivity index (χ4v) is 5.23. The molecule has 2 atom stereocenters. The van der Waals surface area contributed by atoms with Crippen molar-refractivity contribution in [2.75, 3.05) is 5.32 Å². The van der Waals surface area contributed by atoms with Gasteiger partial charge in [-0.05, 0) is 69.6 Å². The molecule has 3 N–H and O–H groups in total. The van der Waals surface area contributed by atoms with Crippen LogP contribution in [0.2, 0.25) is 5.02 Å². The van der Waals surface area contributed by atoms with E-state index < -0.39 is 17.0 Å². The van der Waals surface area contributed by atoms with Crippen LogP contribution in [-0.4, -0.2) is 36.9 Å². The van der Waals surface area contributed by atoms with Crippen LogP contribution in [0.3, 0.4) is 0 Å². The number of imidazole rings is 1. The molecule has 2 aromatic rings. The zero-order chi connectivity index (χ0) is 23.3. The number of aromatic nitrogens is 2. The Bertz CT molecular complexity index is 1100. The third kappa shape index (κ3) is 4.68. The number of nitrogens with zero attached hydrogens (tertiary/aromatic N) is 2. The molecule has 8 heteroatoms. The lowest BCUT2D eigenvalue weighted by Gasteiger charge is -2.19. The van der Waals surface area contributed by atoms with E-state index in [0.29, 0.717) is 24.2 Å². The van der Waals surface area contributed by atoms with Crippen molar-refractivity contribution < 1.29 is 19.4 Å². The minimum absolute atomic E-state index is 0.0585. The van der Waals surface area contributed by atoms with Crippen LogP contribution in [0.15, 0.2) is 24.5 Å². The Kier molecular flexibility index (Phi) is 5.83. The van der Waals surface area contributed by atoms with Gasteiger partial charge in [0.05, 0.1) is 17.0 Å². The van der Waals surface area contributed by atoms with Gasteiger partial charge in [0.25, 0.3) is 5.91 Å². The predicted octanol–water partition coefficient (Wildman–Crippen LogP) is 3.87. The number of rotatable bonds is 3. The summed E-state index contributed by atoms with van der Waals surface area (Å²) in [6, 6.07) is 4.05. The number of anilines is 1. The lowest BCUT2D eigenvalue weighted by Crippen LogP contribution is -2.26. The van der Waals surface area contributed by atoms with Gasteiger partial charge in [-0.15, -0.1) is 0 Å². The monoisotopic (exact) mass is 459 g/mol. The first kappa shape index (κ1) is 22.8. The van der Waals surface area contributed by atoms with E-state index in [1.54, 1.807) is 31.8 Å². The summed E-state index contributed by atoms with van der Waals surface area (Å²) < 4.78 is 15.1. The Labute approximate surface area is 191 Å². The molecule has 2 fully saturated rings. The standard InChI is InChI=1S/C24H27ClFN3O3/c1-23(2,31)6-7-24(32)11-15-8-14(9-16(15)12-24)20-21(29(3)13-27-20)22(30)28-17-4-5-19(26)18(25)10-17/h4-5,10,13-16,31-32H,8-9,11-12H2,1-3H3,(H,28,30). The molecule has 2 aliphatic rings. The van der Waals surface area contributed by atoms with E-state index in [1.807, 2.05) is 0 Å². The molecule has 32 heavy (non-hydrogen) atoms. The minimum Gasteiger partial charge on any atom is -0.378 e. The first-order valence-electron chi connectivity index (χ1n) is 10.7. The summed E-state index contributed by atoms with van der Waals surface area (Å²) >= 11 is 5.83. The summed E-state index contributed by atoms with van der Waals surface area (Å²) in [5.74, 6) is 5.44. The number of carbonyl (C=O) groups is 1. The minimum atomic E-state index is -1.14. The van der Waals surface area contributed by atoms with Gasteiger partial charge in [-0.3, -0.25) is 4.79 Å².